The molecule has 20 heavy (non-hydrogen) atoms. The van der Waals surface area contributed by atoms with Crippen LogP contribution in [0, 0.1) is 6.92 Å². The van der Waals surface area contributed by atoms with E-state index in [4.69, 9.17) is 0 Å². The Morgan fingerprint density at radius 3 is 2.65 bits per heavy atom. The van der Waals surface area contributed by atoms with Gasteiger partial charge in [-0.25, -0.2) is 18.7 Å². The molecular weight excluding hydrogens is 284 g/mol. The summed E-state index contributed by atoms with van der Waals surface area (Å²) in [6, 6.07) is 1.82. The van der Waals surface area contributed by atoms with Crippen LogP contribution in [0.5, 0.6) is 0 Å². The van der Waals surface area contributed by atoms with Crippen LogP contribution in [0.1, 0.15) is 18.5 Å². The highest BCUT2D eigenvalue weighted by Crippen LogP contribution is 2.30. The number of piperidine rings is 1. The number of halogens is 2. The molecule has 1 saturated heterocycles. The van der Waals surface area contributed by atoms with E-state index in [2.05, 4.69) is 20.2 Å². The molecule has 5 nitrogen and oxygen atoms in total. The molecule has 0 atom stereocenters. The molecule has 8 heteroatoms. The zero-order valence-corrected chi connectivity index (χ0v) is 11.7. The summed E-state index contributed by atoms with van der Waals surface area (Å²) in [5.74, 6) is -2.08. The van der Waals surface area contributed by atoms with Crippen molar-refractivity contribution in [1.29, 1.82) is 0 Å². The van der Waals surface area contributed by atoms with Gasteiger partial charge >= 0.3 is 0 Å². The van der Waals surface area contributed by atoms with E-state index in [1.807, 2.05) is 13.0 Å². The Hall–Kier alpha value is -1.70. The van der Waals surface area contributed by atoms with E-state index in [0.29, 0.717) is 16.6 Å². The fraction of sp³-hybridized carbons (Fsp3) is 0.500. The van der Waals surface area contributed by atoms with Crippen molar-refractivity contribution in [3.8, 4) is 10.7 Å². The second-order valence-electron chi connectivity index (χ2n) is 4.78. The van der Waals surface area contributed by atoms with E-state index in [0.717, 1.165) is 5.69 Å². The van der Waals surface area contributed by atoms with Gasteiger partial charge in [0.15, 0.2) is 5.01 Å². The smallest absolute Gasteiger partial charge is 0.251 e. The van der Waals surface area contributed by atoms with Gasteiger partial charge in [0, 0.05) is 31.6 Å². The van der Waals surface area contributed by atoms with Crippen molar-refractivity contribution < 1.29 is 8.78 Å². The Kier molecular flexibility index (Phi) is 3.33. The van der Waals surface area contributed by atoms with E-state index in [9.17, 15) is 8.78 Å². The van der Waals surface area contributed by atoms with E-state index in [1.165, 1.54) is 11.3 Å². The maximum atomic E-state index is 13.2. The fourth-order valence-electron chi connectivity index (χ4n) is 2.12. The minimum atomic E-state index is -2.57. The Bertz CT molecular complexity index is 592. The maximum absolute atomic E-state index is 13.2. The topological polar surface area (TPSA) is 54.8 Å². The average Bonchev–Trinajstić information content (AvgIpc) is 2.91. The summed E-state index contributed by atoms with van der Waals surface area (Å²) in [7, 11) is 0. The van der Waals surface area contributed by atoms with Crippen LogP contribution in [0.15, 0.2) is 11.6 Å². The van der Waals surface area contributed by atoms with Gasteiger partial charge in [0.05, 0.1) is 0 Å². The molecule has 0 saturated carbocycles. The van der Waals surface area contributed by atoms with Crippen molar-refractivity contribution in [1.82, 2.24) is 20.2 Å². The third kappa shape index (κ3) is 2.74. The normalized spacial score (nSPS) is 18.2. The zero-order valence-electron chi connectivity index (χ0n) is 10.9. The Morgan fingerprint density at radius 1 is 1.25 bits per heavy atom. The van der Waals surface area contributed by atoms with Crippen LogP contribution in [0.2, 0.25) is 0 Å². The third-order valence-electron chi connectivity index (χ3n) is 3.20. The molecule has 1 aliphatic heterocycles. The summed E-state index contributed by atoms with van der Waals surface area (Å²) in [6.07, 6.45) is -0.309. The number of hydrogen-bond acceptors (Lipinski definition) is 6. The lowest BCUT2D eigenvalue weighted by Crippen LogP contribution is -2.40. The predicted octanol–water partition coefficient (Wildman–Crippen LogP) is 2.54. The summed E-state index contributed by atoms with van der Waals surface area (Å²) in [5, 5.41) is 8.47. The fourth-order valence-corrected chi connectivity index (χ4v) is 2.64. The highest BCUT2D eigenvalue weighted by Gasteiger charge is 2.34. The van der Waals surface area contributed by atoms with Gasteiger partial charge in [-0.3, -0.25) is 0 Å². The first-order valence-electron chi connectivity index (χ1n) is 6.28. The van der Waals surface area contributed by atoms with Crippen molar-refractivity contribution >= 4 is 17.3 Å². The van der Waals surface area contributed by atoms with Crippen molar-refractivity contribution in [2.24, 2.45) is 0 Å². The van der Waals surface area contributed by atoms with Gasteiger partial charge in [-0.15, -0.1) is 10.2 Å². The molecule has 0 N–H and O–H groups in total. The molecule has 0 aliphatic carbocycles. The second-order valence-corrected chi connectivity index (χ2v) is 5.61. The molecule has 2 aromatic heterocycles. The summed E-state index contributed by atoms with van der Waals surface area (Å²) < 4.78 is 26.4. The summed E-state index contributed by atoms with van der Waals surface area (Å²) in [6.45, 7) is 2.40. The number of aromatic nitrogens is 4. The number of aryl methyl sites for hydroxylation is 1. The second kappa shape index (κ2) is 5.01. The zero-order chi connectivity index (χ0) is 14.2. The van der Waals surface area contributed by atoms with Gasteiger partial charge in [0.2, 0.25) is 5.95 Å². The largest absolute Gasteiger partial charge is 0.340 e. The molecule has 0 amide bonds. The van der Waals surface area contributed by atoms with Crippen LogP contribution >= 0.6 is 11.3 Å². The first-order valence-corrected chi connectivity index (χ1v) is 7.16. The van der Waals surface area contributed by atoms with Crippen molar-refractivity contribution in [2.75, 3.05) is 18.0 Å². The molecule has 0 unspecified atom stereocenters. The molecule has 3 rings (SSSR count). The van der Waals surface area contributed by atoms with E-state index in [1.54, 1.807) is 10.4 Å². The first kappa shape index (κ1) is 13.3. The number of rotatable bonds is 2. The van der Waals surface area contributed by atoms with E-state index in [-0.39, 0.29) is 25.9 Å². The molecule has 0 aromatic carbocycles. The van der Waals surface area contributed by atoms with Crippen LogP contribution in [0.25, 0.3) is 10.7 Å². The third-order valence-corrected chi connectivity index (χ3v) is 3.91. The summed E-state index contributed by atoms with van der Waals surface area (Å²) >= 11 is 1.39. The number of nitrogens with zero attached hydrogens (tertiary/aromatic N) is 5. The summed E-state index contributed by atoms with van der Waals surface area (Å²) in [4.78, 5) is 10.6. The standard InChI is InChI=1S/C12H13F2N5S/c1-8-6-9(10-18-15-7-20-10)17-11(16-8)19-4-2-12(13,14)3-5-19/h6-7H,2-5H2,1H3. The molecule has 2 aromatic rings. The van der Waals surface area contributed by atoms with Gasteiger partial charge in [-0.2, -0.15) is 0 Å². The lowest BCUT2D eigenvalue weighted by molar-refractivity contribution is -0.0222. The number of hydrogen-bond donors (Lipinski definition) is 0. The molecule has 0 radical (unpaired) electrons. The van der Waals surface area contributed by atoms with Crippen LogP contribution in [-0.4, -0.2) is 39.2 Å². The Labute approximate surface area is 118 Å². The SMILES string of the molecule is Cc1cc(-c2nncs2)nc(N2CCC(F)(F)CC2)n1. The van der Waals surface area contributed by atoms with Gasteiger partial charge in [0.1, 0.15) is 11.2 Å². The van der Waals surface area contributed by atoms with Crippen molar-refractivity contribution in [3.05, 3.63) is 17.3 Å². The molecule has 106 valence electrons. The van der Waals surface area contributed by atoms with Crippen LogP contribution in [0.3, 0.4) is 0 Å². The molecule has 0 bridgehead atoms. The summed E-state index contributed by atoms with van der Waals surface area (Å²) in [5.41, 5.74) is 3.11. The van der Waals surface area contributed by atoms with Crippen LogP contribution in [0.4, 0.5) is 14.7 Å². The van der Waals surface area contributed by atoms with Gasteiger partial charge in [-0.05, 0) is 13.0 Å². The Morgan fingerprint density at radius 2 is 2.00 bits per heavy atom. The lowest BCUT2D eigenvalue weighted by Gasteiger charge is -2.31. The maximum Gasteiger partial charge on any atom is 0.251 e. The molecule has 1 fully saturated rings. The van der Waals surface area contributed by atoms with E-state index < -0.39 is 5.92 Å². The van der Waals surface area contributed by atoms with Crippen molar-refractivity contribution in [2.45, 2.75) is 25.7 Å². The van der Waals surface area contributed by atoms with Gasteiger partial charge in [-0.1, -0.05) is 11.3 Å². The Balaban J connectivity index is 1.87. The van der Waals surface area contributed by atoms with Crippen LogP contribution in [-0.2, 0) is 0 Å². The minimum Gasteiger partial charge on any atom is -0.340 e. The monoisotopic (exact) mass is 297 g/mol. The van der Waals surface area contributed by atoms with E-state index >= 15 is 0 Å². The molecule has 3 heterocycles. The molecule has 0 spiro atoms. The highest BCUT2D eigenvalue weighted by molar-refractivity contribution is 7.12. The predicted molar refractivity (Wildman–Crippen MR) is 72.1 cm³/mol. The lowest BCUT2D eigenvalue weighted by atomic mass is 10.1. The number of anilines is 1. The molecular formula is C12H13F2N5S. The van der Waals surface area contributed by atoms with Gasteiger partial charge in [0.25, 0.3) is 5.92 Å². The molecule has 1 aliphatic rings. The average molecular weight is 297 g/mol. The number of alkyl halides is 2. The first-order chi connectivity index (χ1) is 9.53. The van der Waals surface area contributed by atoms with Gasteiger partial charge < -0.3 is 4.90 Å². The minimum absolute atomic E-state index is 0.154. The van der Waals surface area contributed by atoms with Crippen molar-refractivity contribution in [3.63, 3.8) is 0 Å². The highest BCUT2D eigenvalue weighted by atomic mass is 32.1. The van der Waals surface area contributed by atoms with Crippen LogP contribution < -0.4 is 4.90 Å². The quantitative estimate of drug-likeness (QED) is 0.852.